The smallest absolute Gasteiger partial charge is 0.550 e. The predicted octanol–water partition coefficient (Wildman–Crippen LogP) is 5.09. The third-order valence-electron chi connectivity index (χ3n) is 5.28. The quantitative estimate of drug-likeness (QED) is 0.128. The average molecular weight is 559 g/mol. The molecule has 0 amide bonds. The molecular formula is C30H21N2O3Ru. The number of carbonyl (C=O) groups excluding carboxylic acids is 2. The number of hydrogen-bond acceptors (Lipinski definition) is 5. The van der Waals surface area contributed by atoms with Crippen LogP contribution in [0.3, 0.4) is 0 Å². The van der Waals surface area contributed by atoms with Crippen LogP contribution < -0.4 is 5.11 Å². The topological polar surface area (TPSA) is 83.0 Å². The van der Waals surface area contributed by atoms with Crippen LogP contribution in [0.4, 0.5) is 0 Å². The van der Waals surface area contributed by atoms with Crippen molar-refractivity contribution < 1.29 is 34.2 Å². The molecule has 0 spiro atoms. The van der Waals surface area contributed by atoms with Gasteiger partial charge in [-0.05, 0) is 39.5 Å². The zero-order valence-corrected chi connectivity index (χ0v) is 21.2. The molecule has 5 nitrogen and oxygen atoms in total. The van der Waals surface area contributed by atoms with E-state index < -0.39 is 12.4 Å². The Morgan fingerprint density at radius 1 is 0.667 bits per heavy atom. The summed E-state index contributed by atoms with van der Waals surface area (Å²) in [5.41, 5.74) is 2.07. The fourth-order valence-electron chi connectivity index (χ4n) is 3.72. The van der Waals surface area contributed by atoms with Gasteiger partial charge in [-0.3, -0.25) is 4.79 Å². The first-order chi connectivity index (χ1) is 17.0. The van der Waals surface area contributed by atoms with Gasteiger partial charge in [-0.2, -0.15) is 24.3 Å². The number of aromatic nitrogens is 2. The van der Waals surface area contributed by atoms with E-state index in [9.17, 15) is 14.7 Å². The van der Waals surface area contributed by atoms with E-state index in [2.05, 4.69) is 70.9 Å². The molecule has 0 saturated heterocycles. The van der Waals surface area contributed by atoms with Gasteiger partial charge in [-0.25, -0.2) is 0 Å². The molecule has 2 heterocycles. The number of carboxylic acids is 1. The van der Waals surface area contributed by atoms with Gasteiger partial charge in [0.25, 0.3) is 0 Å². The van der Waals surface area contributed by atoms with Gasteiger partial charge < -0.3 is 19.9 Å². The van der Waals surface area contributed by atoms with Crippen LogP contribution in [0, 0.1) is 12.4 Å². The van der Waals surface area contributed by atoms with Gasteiger partial charge in [-0.1, -0.05) is 85.2 Å². The van der Waals surface area contributed by atoms with Gasteiger partial charge in [0.15, 0.2) is 0 Å². The summed E-state index contributed by atoms with van der Waals surface area (Å²) in [6.07, 6.45) is 5.28. The van der Waals surface area contributed by atoms with Gasteiger partial charge in [0, 0.05) is 12.4 Å². The number of nitrogens with zero attached hydrogens (tertiary/aromatic N) is 2. The Morgan fingerprint density at radius 2 is 1.08 bits per heavy atom. The number of rotatable bonds is 2. The first kappa shape index (κ1) is 26.6. The Morgan fingerprint density at radius 3 is 1.47 bits per heavy atom. The minimum atomic E-state index is -1.31. The van der Waals surface area contributed by atoms with Gasteiger partial charge in [0.05, 0.1) is 0 Å². The first-order valence-electron chi connectivity index (χ1n) is 11.0. The second-order valence-electron chi connectivity index (χ2n) is 7.85. The van der Waals surface area contributed by atoms with E-state index in [0.29, 0.717) is 0 Å². The molecule has 0 unspecified atom stereocenters. The molecule has 0 N–H and O–H groups in total. The number of fused-ring (bicyclic) bond motifs is 6. The van der Waals surface area contributed by atoms with Crippen LogP contribution in [0.5, 0.6) is 0 Å². The maximum absolute atomic E-state index is 9.83. The maximum atomic E-state index is 9.83. The SMILES string of the molecule is CC(=O)CC(=O)[O-].[Ru+3].[c-]1ccc2ccc3ccccc3c2n1.[c-]1ccc2ccc3ccccc3c2n1. The minimum Gasteiger partial charge on any atom is -0.550 e. The van der Waals surface area contributed by atoms with Crippen molar-refractivity contribution in [3.63, 3.8) is 0 Å². The van der Waals surface area contributed by atoms with E-state index in [-0.39, 0.29) is 25.3 Å². The normalized spacial score (nSPS) is 10.0. The zero-order valence-electron chi connectivity index (χ0n) is 19.4. The molecule has 4 aromatic carbocycles. The van der Waals surface area contributed by atoms with E-state index in [1.165, 1.54) is 39.2 Å². The minimum absolute atomic E-state index is 0. The molecule has 0 aliphatic heterocycles. The summed E-state index contributed by atoms with van der Waals surface area (Å²) in [5.74, 6) is -1.69. The Labute approximate surface area is 221 Å². The average Bonchev–Trinajstić information content (AvgIpc) is 2.88. The Bertz CT molecular complexity index is 1420. The predicted molar refractivity (Wildman–Crippen MR) is 136 cm³/mol. The largest absolute Gasteiger partial charge is 3.00 e. The van der Waals surface area contributed by atoms with Crippen molar-refractivity contribution in [2.24, 2.45) is 0 Å². The van der Waals surface area contributed by atoms with Crippen molar-refractivity contribution in [2.75, 3.05) is 0 Å². The van der Waals surface area contributed by atoms with Crippen molar-refractivity contribution in [3.8, 4) is 0 Å². The number of carbonyl (C=O) groups is 2. The van der Waals surface area contributed by atoms with Gasteiger partial charge in [0.2, 0.25) is 0 Å². The summed E-state index contributed by atoms with van der Waals surface area (Å²) in [6.45, 7) is 1.20. The van der Waals surface area contributed by atoms with E-state index in [4.69, 9.17) is 0 Å². The van der Waals surface area contributed by atoms with Crippen LogP contribution in [0.25, 0.3) is 43.4 Å². The zero-order chi connectivity index (χ0) is 24.6. The maximum Gasteiger partial charge on any atom is 3.00 e. The van der Waals surface area contributed by atoms with Gasteiger partial charge in [0.1, 0.15) is 5.78 Å². The molecule has 0 bridgehead atoms. The third kappa shape index (κ3) is 6.56. The monoisotopic (exact) mass is 559 g/mol. The molecule has 2 aromatic heterocycles. The molecule has 36 heavy (non-hydrogen) atoms. The molecule has 0 fully saturated rings. The molecule has 177 valence electrons. The van der Waals surface area contributed by atoms with Crippen LogP contribution in [0.15, 0.2) is 97.1 Å². The molecule has 6 aromatic rings. The summed E-state index contributed by atoms with van der Waals surface area (Å²) in [5, 5.41) is 16.7. The second-order valence-corrected chi connectivity index (χ2v) is 7.85. The van der Waals surface area contributed by atoms with Crippen LogP contribution in [0.1, 0.15) is 13.3 Å². The Hall–Kier alpha value is -4.02. The molecule has 6 heteroatoms. The number of benzene rings is 4. The first-order valence-corrected chi connectivity index (χ1v) is 11.0. The number of pyridine rings is 2. The number of carboxylic acid groups (broad SMARTS) is 1. The number of Topliss-reactive ketones (excluding diaryl/α,β-unsaturated/α-hetero) is 1. The van der Waals surface area contributed by atoms with E-state index in [1.807, 2.05) is 48.5 Å². The molecule has 1 radical (unpaired) electrons. The van der Waals surface area contributed by atoms with Crippen molar-refractivity contribution in [3.05, 3.63) is 109 Å². The summed E-state index contributed by atoms with van der Waals surface area (Å²) in [7, 11) is 0. The summed E-state index contributed by atoms with van der Waals surface area (Å²) >= 11 is 0. The van der Waals surface area contributed by atoms with Crippen molar-refractivity contribution in [1.29, 1.82) is 0 Å². The summed E-state index contributed by atoms with van der Waals surface area (Å²) < 4.78 is 0. The molecule has 0 atom stereocenters. The number of aliphatic carboxylic acids is 1. The van der Waals surface area contributed by atoms with Crippen molar-refractivity contribution in [2.45, 2.75) is 13.3 Å². The third-order valence-corrected chi connectivity index (χ3v) is 5.28. The summed E-state index contributed by atoms with van der Waals surface area (Å²) in [4.78, 5) is 27.9. The van der Waals surface area contributed by atoms with E-state index >= 15 is 0 Å². The fourth-order valence-corrected chi connectivity index (χ4v) is 3.72. The van der Waals surface area contributed by atoms with Crippen molar-refractivity contribution in [1.82, 2.24) is 9.97 Å². The Balaban J connectivity index is 0.000000158. The van der Waals surface area contributed by atoms with E-state index in [0.717, 1.165) is 11.0 Å². The van der Waals surface area contributed by atoms with Crippen molar-refractivity contribution >= 4 is 55.1 Å². The number of hydrogen-bond donors (Lipinski definition) is 0. The van der Waals surface area contributed by atoms with Crippen LogP contribution in [-0.2, 0) is 29.1 Å². The molecule has 0 aliphatic rings. The van der Waals surface area contributed by atoms with Crippen LogP contribution >= 0.6 is 0 Å². The van der Waals surface area contributed by atoms with E-state index in [1.54, 1.807) is 0 Å². The van der Waals surface area contributed by atoms with Crippen LogP contribution in [-0.4, -0.2) is 21.7 Å². The number of ketones is 1. The molecule has 6 rings (SSSR count). The standard InChI is InChI=1S/2C13H8N.C4H6O3.Ru/c2*1-2-6-12-10(4-1)7-8-11-5-3-9-14-13(11)12;1-3(5)2-4(6)7;/h2*1-8H;2H2,1H3,(H,6,7);/q2*-1;;+3/p-1. The molecule has 0 aliphatic carbocycles. The second kappa shape index (κ2) is 12.6. The summed E-state index contributed by atoms with van der Waals surface area (Å²) in [6, 6.07) is 32.8. The van der Waals surface area contributed by atoms with Crippen LogP contribution in [0.2, 0.25) is 0 Å². The fraction of sp³-hybridized carbons (Fsp3) is 0.0667. The Kier molecular flexibility index (Phi) is 9.32. The van der Waals surface area contributed by atoms with Gasteiger partial charge in [-0.15, -0.1) is 10.8 Å². The van der Waals surface area contributed by atoms with Gasteiger partial charge >= 0.3 is 19.5 Å². The molecule has 0 saturated carbocycles. The molecular weight excluding hydrogens is 537 g/mol.